The standard InChI is InChI=1S/C24H21N7/c1-16-27-17(2)31(30-16)21-10-8-20(9-11-21)28-23-14-19(12-13-25-23)24-22(15-26-29-24)18-6-4-3-5-7-18/h3-15H,1-2H3,(H,25,28)(H,26,29). The Morgan fingerprint density at radius 2 is 1.71 bits per heavy atom. The van der Waals surface area contributed by atoms with E-state index in [2.05, 4.69) is 42.7 Å². The number of anilines is 2. The van der Waals surface area contributed by atoms with Crippen LogP contribution in [0.25, 0.3) is 28.1 Å². The summed E-state index contributed by atoms with van der Waals surface area (Å²) >= 11 is 0. The lowest BCUT2D eigenvalue weighted by Gasteiger charge is -2.09. The Morgan fingerprint density at radius 3 is 2.45 bits per heavy atom. The second-order valence-corrected chi connectivity index (χ2v) is 7.24. The molecule has 3 heterocycles. The van der Waals surface area contributed by atoms with E-state index < -0.39 is 0 Å². The first kappa shape index (κ1) is 18.7. The molecular weight excluding hydrogens is 386 g/mol. The molecule has 7 heteroatoms. The number of hydrogen-bond acceptors (Lipinski definition) is 5. The topological polar surface area (TPSA) is 84.3 Å². The fraction of sp³-hybridized carbons (Fsp3) is 0.0833. The summed E-state index contributed by atoms with van der Waals surface area (Å²) in [5.41, 5.74) is 6.06. The number of aryl methyl sites for hydroxylation is 2. The van der Waals surface area contributed by atoms with E-state index in [-0.39, 0.29) is 0 Å². The maximum Gasteiger partial charge on any atom is 0.148 e. The third-order valence-electron chi connectivity index (χ3n) is 5.03. The fourth-order valence-electron chi connectivity index (χ4n) is 3.60. The molecule has 0 amide bonds. The number of nitrogens with one attached hydrogen (secondary N) is 2. The number of H-pyrrole nitrogens is 1. The number of pyridine rings is 1. The summed E-state index contributed by atoms with van der Waals surface area (Å²) in [6, 6.07) is 22.2. The Bertz CT molecular complexity index is 1320. The summed E-state index contributed by atoms with van der Waals surface area (Å²) < 4.78 is 1.83. The van der Waals surface area contributed by atoms with Crippen LogP contribution in [0.2, 0.25) is 0 Å². The van der Waals surface area contributed by atoms with Crippen molar-refractivity contribution in [3.05, 3.63) is 90.8 Å². The molecule has 0 bridgehead atoms. The van der Waals surface area contributed by atoms with Gasteiger partial charge in [0.15, 0.2) is 0 Å². The summed E-state index contributed by atoms with van der Waals surface area (Å²) in [7, 11) is 0. The van der Waals surface area contributed by atoms with Crippen molar-refractivity contribution in [2.45, 2.75) is 13.8 Å². The van der Waals surface area contributed by atoms with E-state index in [1.54, 1.807) is 6.20 Å². The van der Waals surface area contributed by atoms with Gasteiger partial charge in [-0.05, 0) is 55.8 Å². The zero-order valence-corrected chi connectivity index (χ0v) is 17.2. The van der Waals surface area contributed by atoms with Crippen LogP contribution in [0.3, 0.4) is 0 Å². The largest absolute Gasteiger partial charge is 0.340 e. The highest BCUT2D eigenvalue weighted by Crippen LogP contribution is 2.31. The van der Waals surface area contributed by atoms with Gasteiger partial charge in [0.25, 0.3) is 0 Å². The molecule has 3 aromatic heterocycles. The van der Waals surface area contributed by atoms with Gasteiger partial charge in [0, 0.05) is 23.0 Å². The Balaban J connectivity index is 1.40. The first-order valence-corrected chi connectivity index (χ1v) is 10.0. The van der Waals surface area contributed by atoms with Crippen LogP contribution in [0, 0.1) is 13.8 Å². The molecule has 0 atom stereocenters. The summed E-state index contributed by atoms with van der Waals surface area (Å²) in [6.45, 7) is 3.84. The van der Waals surface area contributed by atoms with E-state index in [1.807, 2.05) is 79.3 Å². The van der Waals surface area contributed by atoms with Crippen LogP contribution >= 0.6 is 0 Å². The first-order valence-electron chi connectivity index (χ1n) is 10.0. The fourth-order valence-corrected chi connectivity index (χ4v) is 3.60. The average molecular weight is 407 g/mol. The highest BCUT2D eigenvalue weighted by Gasteiger charge is 2.11. The molecule has 2 N–H and O–H groups in total. The van der Waals surface area contributed by atoms with E-state index in [1.165, 1.54) is 0 Å². The molecule has 5 rings (SSSR count). The van der Waals surface area contributed by atoms with E-state index in [4.69, 9.17) is 0 Å². The van der Waals surface area contributed by atoms with Gasteiger partial charge in [-0.2, -0.15) is 10.2 Å². The smallest absolute Gasteiger partial charge is 0.148 e. The Labute approximate surface area is 179 Å². The number of hydrogen-bond donors (Lipinski definition) is 2. The van der Waals surface area contributed by atoms with Gasteiger partial charge in [-0.3, -0.25) is 5.10 Å². The maximum atomic E-state index is 4.47. The number of aromatic amines is 1. The minimum Gasteiger partial charge on any atom is -0.340 e. The summed E-state index contributed by atoms with van der Waals surface area (Å²) in [5.74, 6) is 2.38. The molecule has 7 nitrogen and oxygen atoms in total. The van der Waals surface area contributed by atoms with E-state index in [0.29, 0.717) is 0 Å². The maximum absolute atomic E-state index is 4.47. The van der Waals surface area contributed by atoms with Crippen LogP contribution in [-0.2, 0) is 0 Å². The summed E-state index contributed by atoms with van der Waals surface area (Å²) in [6.07, 6.45) is 3.65. The van der Waals surface area contributed by atoms with Crippen LogP contribution in [0.4, 0.5) is 11.5 Å². The molecule has 0 aliphatic heterocycles. The average Bonchev–Trinajstić information content (AvgIpc) is 3.41. The van der Waals surface area contributed by atoms with Crippen molar-refractivity contribution in [3.63, 3.8) is 0 Å². The number of nitrogens with zero attached hydrogens (tertiary/aromatic N) is 5. The van der Waals surface area contributed by atoms with Gasteiger partial charge in [0.1, 0.15) is 17.5 Å². The van der Waals surface area contributed by atoms with Crippen LogP contribution in [0.1, 0.15) is 11.6 Å². The Kier molecular flexibility index (Phi) is 4.76. The molecule has 0 spiro atoms. The molecule has 0 radical (unpaired) electrons. The quantitative estimate of drug-likeness (QED) is 0.424. The lowest BCUT2D eigenvalue weighted by molar-refractivity contribution is 0.831. The van der Waals surface area contributed by atoms with Gasteiger partial charge in [-0.25, -0.2) is 14.6 Å². The van der Waals surface area contributed by atoms with Crippen LogP contribution < -0.4 is 5.32 Å². The third kappa shape index (κ3) is 3.81. The highest BCUT2D eigenvalue weighted by atomic mass is 15.3. The molecule has 2 aromatic carbocycles. The van der Waals surface area contributed by atoms with Gasteiger partial charge >= 0.3 is 0 Å². The van der Waals surface area contributed by atoms with Crippen LogP contribution in [0.5, 0.6) is 0 Å². The molecular formula is C24H21N7. The van der Waals surface area contributed by atoms with Gasteiger partial charge < -0.3 is 5.32 Å². The molecule has 0 saturated carbocycles. The molecule has 0 saturated heterocycles. The van der Waals surface area contributed by atoms with Crippen molar-refractivity contribution in [1.82, 2.24) is 29.9 Å². The molecule has 5 aromatic rings. The zero-order valence-electron chi connectivity index (χ0n) is 17.2. The predicted molar refractivity (Wildman–Crippen MR) is 121 cm³/mol. The minimum absolute atomic E-state index is 0.756. The van der Waals surface area contributed by atoms with Gasteiger partial charge in [0.05, 0.1) is 17.6 Å². The van der Waals surface area contributed by atoms with E-state index >= 15 is 0 Å². The van der Waals surface area contributed by atoms with Crippen molar-refractivity contribution in [3.8, 4) is 28.1 Å². The monoisotopic (exact) mass is 407 g/mol. The molecule has 0 aliphatic rings. The third-order valence-corrected chi connectivity index (χ3v) is 5.03. The summed E-state index contributed by atoms with van der Waals surface area (Å²) in [5, 5.41) is 15.2. The zero-order chi connectivity index (χ0) is 21.2. The van der Waals surface area contributed by atoms with Crippen LogP contribution in [-0.4, -0.2) is 29.9 Å². The number of benzene rings is 2. The second kappa shape index (κ2) is 7.87. The van der Waals surface area contributed by atoms with E-state index in [9.17, 15) is 0 Å². The Morgan fingerprint density at radius 1 is 0.903 bits per heavy atom. The molecule has 31 heavy (non-hydrogen) atoms. The first-order chi connectivity index (χ1) is 15.2. The highest BCUT2D eigenvalue weighted by molar-refractivity contribution is 5.81. The molecule has 0 aliphatic carbocycles. The van der Waals surface area contributed by atoms with Gasteiger partial charge in [0.2, 0.25) is 0 Å². The lowest BCUT2D eigenvalue weighted by atomic mass is 10.0. The minimum atomic E-state index is 0.756. The number of rotatable bonds is 5. The predicted octanol–water partition coefficient (Wildman–Crippen LogP) is 5.08. The van der Waals surface area contributed by atoms with Gasteiger partial charge in [-0.1, -0.05) is 30.3 Å². The van der Waals surface area contributed by atoms with Gasteiger partial charge in [-0.15, -0.1) is 0 Å². The second-order valence-electron chi connectivity index (χ2n) is 7.24. The SMILES string of the molecule is Cc1nc(C)n(-c2ccc(Nc3cc(-c4[nH]ncc4-c4ccccc4)ccn3)cc2)n1. The molecule has 0 fully saturated rings. The van der Waals surface area contributed by atoms with Crippen molar-refractivity contribution in [2.24, 2.45) is 0 Å². The van der Waals surface area contributed by atoms with Crippen molar-refractivity contribution >= 4 is 11.5 Å². The summed E-state index contributed by atoms with van der Waals surface area (Å²) in [4.78, 5) is 8.83. The van der Waals surface area contributed by atoms with Crippen molar-refractivity contribution in [1.29, 1.82) is 0 Å². The van der Waals surface area contributed by atoms with Crippen LogP contribution in [0.15, 0.2) is 79.1 Å². The van der Waals surface area contributed by atoms with Crippen molar-refractivity contribution < 1.29 is 0 Å². The van der Waals surface area contributed by atoms with E-state index in [0.717, 1.165) is 51.2 Å². The normalized spacial score (nSPS) is 10.9. The Hall–Kier alpha value is -4.26. The van der Waals surface area contributed by atoms with Crippen molar-refractivity contribution in [2.75, 3.05) is 5.32 Å². The lowest BCUT2D eigenvalue weighted by Crippen LogP contribution is -2.00. The number of aromatic nitrogens is 6. The molecule has 0 unspecified atom stereocenters. The molecule has 152 valence electrons.